The Hall–Kier alpha value is -1.95. The molecule has 0 saturated heterocycles. The van der Waals surface area contributed by atoms with Gasteiger partial charge in [0.25, 0.3) is 5.89 Å². The lowest BCUT2D eigenvalue weighted by Crippen LogP contribution is -2.04. The van der Waals surface area contributed by atoms with E-state index < -0.39 is 5.82 Å². The fraction of sp³-hybridized carbons (Fsp3) is 0.385. The molecular formula is C13H16FN3O2. The highest BCUT2D eigenvalue weighted by molar-refractivity contribution is 5.57. The molecule has 0 radical (unpaired) electrons. The number of halogens is 1. The molecule has 1 unspecified atom stereocenters. The third-order valence-electron chi connectivity index (χ3n) is 2.72. The number of benzene rings is 1. The second-order valence-electron chi connectivity index (χ2n) is 4.05. The predicted molar refractivity (Wildman–Crippen MR) is 68.8 cm³/mol. The topological polar surface area (TPSA) is 74.2 Å². The number of anilines is 1. The van der Waals surface area contributed by atoms with Gasteiger partial charge in [-0.15, -0.1) is 0 Å². The van der Waals surface area contributed by atoms with Crippen LogP contribution in [-0.2, 0) is 4.74 Å². The molecule has 6 heteroatoms. The van der Waals surface area contributed by atoms with Crippen molar-refractivity contribution in [3.63, 3.8) is 0 Å². The summed E-state index contributed by atoms with van der Waals surface area (Å²) in [5.74, 6) is 0.220. The fourth-order valence-electron chi connectivity index (χ4n) is 1.72. The van der Waals surface area contributed by atoms with Crippen molar-refractivity contribution in [2.45, 2.75) is 26.4 Å². The van der Waals surface area contributed by atoms with Crippen molar-refractivity contribution in [3.8, 4) is 11.5 Å². The Morgan fingerprint density at radius 2 is 2.21 bits per heavy atom. The molecule has 2 rings (SSSR count). The summed E-state index contributed by atoms with van der Waals surface area (Å²) in [5.41, 5.74) is 6.00. The van der Waals surface area contributed by atoms with E-state index in [1.807, 2.05) is 13.8 Å². The smallest absolute Gasteiger partial charge is 0.258 e. The molecule has 0 saturated carbocycles. The van der Waals surface area contributed by atoms with Gasteiger partial charge in [-0.1, -0.05) is 12.1 Å². The van der Waals surface area contributed by atoms with Gasteiger partial charge >= 0.3 is 0 Å². The van der Waals surface area contributed by atoms with Crippen molar-refractivity contribution in [2.75, 3.05) is 12.3 Å². The lowest BCUT2D eigenvalue weighted by Gasteiger charge is -2.09. The number of ether oxygens (including phenoxy) is 1. The maximum Gasteiger partial charge on any atom is 0.258 e. The summed E-state index contributed by atoms with van der Waals surface area (Å²) in [6.07, 6.45) is 0.532. The molecule has 1 heterocycles. The lowest BCUT2D eigenvalue weighted by molar-refractivity contribution is 0.0518. The molecule has 0 amide bonds. The minimum Gasteiger partial charge on any atom is -0.396 e. The molecule has 1 atom stereocenters. The molecule has 2 aromatic rings. The molecule has 0 aliphatic rings. The highest BCUT2D eigenvalue weighted by atomic mass is 19.1. The summed E-state index contributed by atoms with van der Waals surface area (Å²) in [6.45, 7) is 4.44. The van der Waals surface area contributed by atoms with Gasteiger partial charge in [-0.25, -0.2) is 4.39 Å². The SMILES string of the molecule is CCOC(CC)c1noc(-c2ccc(N)c(F)c2)n1. The maximum atomic E-state index is 13.4. The zero-order valence-corrected chi connectivity index (χ0v) is 10.9. The summed E-state index contributed by atoms with van der Waals surface area (Å²) in [4.78, 5) is 4.23. The highest BCUT2D eigenvalue weighted by Crippen LogP contribution is 2.24. The first kappa shape index (κ1) is 13.5. The largest absolute Gasteiger partial charge is 0.396 e. The second kappa shape index (κ2) is 5.79. The number of aromatic nitrogens is 2. The fourth-order valence-corrected chi connectivity index (χ4v) is 1.72. The first-order valence-corrected chi connectivity index (χ1v) is 6.16. The van der Waals surface area contributed by atoms with E-state index in [-0.39, 0.29) is 17.7 Å². The van der Waals surface area contributed by atoms with E-state index in [2.05, 4.69) is 10.1 Å². The predicted octanol–water partition coefficient (Wildman–Crippen LogP) is 2.95. The quantitative estimate of drug-likeness (QED) is 0.841. The number of nitrogen functional groups attached to an aromatic ring is 1. The monoisotopic (exact) mass is 265 g/mol. The van der Waals surface area contributed by atoms with Crippen molar-refractivity contribution in [2.24, 2.45) is 0 Å². The standard InChI is InChI=1S/C13H16FN3O2/c1-3-11(18-4-2)12-16-13(19-17-12)8-5-6-10(15)9(14)7-8/h5-7,11H,3-4,15H2,1-2H3. The number of hydrogen-bond acceptors (Lipinski definition) is 5. The number of rotatable bonds is 5. The summed E-state index contributed by atoms with van der Waals surface area (Å²) in [5, 5.41) is 3.87. The first-order valence-electron chi connectivity index (χ1n) is 6.16. The van der Waals surface area contributed by atoms with Crippen molar-refractivity contribution in [3.05, 3.63) is 29.8 Å². The Morgan fingerprint density at radius 1 is 1.42 bits per heavy atom. The molecule has 0 fully saturated rings. The first-order chi connectivity index (χ1) is 9.15. The van der Waals surface area contributed by atoms with Crippen LogP contribution in [0.3, 0.4) is 0 Å². The Labute approximate surface area is 110 Å². The van der Waals surface area contributed by atoms with E-state index in [1.165, 1.54) is 12.1 Å². The average Bonchev–Trinajstić information content (AvgIpc) is 2.88. The summed E-state index contributed by atoms with van der Waals surface area (Å²) >= 11 is 0. The van der Waals surface area contributed by atoms with Gasteiger partial charge in [0.1, 0.15) is 11.9 Å². The van der Waals surface area contributed by atoms with Gasteiger partial charge in [0.05, 0.1) is 5.69 Å². The van der Waals surface area contributed by atoms with Crippen LogP contribution in [-0.4, -0.2) is 16.7 Å². The summed E-state index contributed by atoms with van der Waals surface area (Å²) in [6, 6.07) is 4.37. The van der Waals surface area contributed by atoms with Crippen LogP contribution in [0.15, 0.2) is 22.7 Å². The molecule has 102 valence electrons. The minimum absolute atomic E-state index is 0.0873. The van der Waals surface area contributed by atoms with E-state index in [1.54, 1.807) is 6.07 Å². The van der Waals surface area contributed by atoms with Crippen LogP contribution in [0.2, 0.25) is 0 Å². The van der Waals surface area contributed by atoms with E-state index >= 15 is 0 Å². The molecule has 1 aromatic heterocycles. The molecule has 5 nitrogen and oxygen atoms in total. The van der Waals surface area contributed by atoms with Gasteiger partial charge in [0, 0.05) is 12.2 Å². The normalized spacial score (nSPS) is 12.6. The van der Waals surface area contributed by atoms with Gasteiger partial charge in [-0.2, -0.15) is 4.98 Å². The second-order valence-corrected chi connectivity index (χ2v) is 4.05. The number of nitrogens with two attached hydrogens (primary N) is 1. The Bertz CT molecular complexity index is 557. The van der Waals surface area contributed by atoms with Gasteiger partial charge < -0.3 is 15.0 Å². The third kappa shape index (κ3) is 2.90. The minimum atomic E-state index is -0.505. The number of nitrogens with zero attached hydrogens (tertiary/aromatic N) is 2. The zero-order chi connectivity index (χ0) is 13.8. The molecular weight excluding hydrogens is 249 g/mol. The third-order valence-corrected chi connectivity index (χ3v) is 2.72. The van der Waals surface area contributed by atoms with E-state index in [9.17, 15) is 4.39 Å². The van der Waals surface area contributed by atoms with Crippen LogP contribution >= 0.6 is 0 Å². The Kier molecular flexibility index (Phi) is 4.11. The molecule has 0 aliphatic carbocycles. The van der Waals surface area contributed by atoms with Gasteiger partial charge in [-0.3, -0.25) is 0 Å². The Morgan fingerprint density at radius 3 is 2.84 bits per heavy atom. The van der Waals surface area contributed by atoms with Crippen LogP contribution in [0.5, 0.6) is 0 Å². The molecule has 19 heavy (non-hydrogen) atoms. The lowest BCUT2D eigenvalue weighted by atomic mass is 10.2. The van der Waals surface area contributed by atoms with Gasteiger partial charge in [-0.05, 0) is 31.5 Å². The zero-order valence-electron chi connectivity index (χ0n) is 10.9. The van der Waals surface area contributed by atoms with Crippen LogP contribution < -0.4 is 5.73 Å². The van der Waals surface area contributed by atoms with Crippen molar-refractivity contribution in [1.82, 2.24) is 10.1 Å². The van der Waals surface area contributed by atoms with Crippen LogP contribution in [0.4, 0.5) is 10.1 Å². The van der Waals surface area contributed by atoms with Crippen LogP contribution in [0.25, 0.3) is 11.5 Å². The van der Waals surface area contributed by atoms with E-state index in [0.717, 1.165) is 6.42 Å². The van der Waals surface area contributed by atoms with Crippen LogP contribution in [0, 0.1) is 5.82 Å². The highest BCUT2D eigenvalue weighted by Gasteiger charge is 2.18. The van der Waals surface area contributed by atoms with E-state index in [4.69, 9.17) is 15.0 Å². The molecule has 0 spiro atoms. The van der Waals surface area contributed by atoms with E-state index in [0.29, 0.717) is 18.0 Å². The summed E-state index contributed by atoms with van der Waals surface area (Å²) < 4.78 is 24.0. The van der Waals surface area contributed by atoms with Gasteiger partial charge in [0.2, 0.25) is 5.82 Å². The van der Waals surface area contributed by atoms with Crippen LogP contribution in [0.1, 0.15) is 32.2 Å². The van der Waals surface area contributed by atoms with Crippen molar-refractivity contribution in [1.29, 1.82) is 0 Å². The maximum absolute atomic E-state index is 13.4. The average molecular weight is 265 g/mol. The molecule has 0 bridgehead atoms. The Balaban J connectivity index is 2.27. The molecule has 0 aliphatic heterocycles. The molecule has 1 aromatic carbocycles. The number of hydrogen-bond donors (Lipinski definition) is 1. The molecule has 2 N–H and O–H groups in total. The van der Waals surface area contributed by atoms with Crippen molar-refractivity contribution < 1.29 is 13.7 Å². The van der Waals surface area contributed by atoms with Gasteiger partial charge in [0.15, 0.2) is 0 Å². The van der Waals surface area contributed by atoms with Crippen molar-refractivity contribution >= 4 is 5.69 Å². The summed E-state index contributed by atoms with van der Waals surface area (Å²) in [7, 11) is 0.